The van der Waals surface area contributed by atoms with Crippen LogP contribution in [0, 0.1) is 0 Å². The van der Waals surface area contributed by atoms with E-state index in [1.165, 1.54) is 41.3 Å². The monoisotopic (exact) mass is 442 g/mol. The van der Waals surface area contributed by atoms with Crippen LogP contribution in [0.4, 0.5) is 0 Å². The number of fused-ring (bicyclic) bond motifs is 3. The van der Waals surface area contributed by atoms with Crippen molar-refractivity contribution in [2.75, 3.05) is 5.75 Å². The van der Waals surface area contributed by atoms with E-state index in [1.807, 2.05) is 0 Å². The second-order valence-corrected chi connectivity index (χ2v) is 9.28. The lowest BCUT2D eigenvalue weighted by Gasteiger charge is -2.10. The molecule has 2 N–H and O–H groups in total. The van der Waals surface area contributed by atoms with Gasteiger partial charge in [0.2, 0.25) is 0 Å². The van der Waals surface area contributed by atoms with E-state index < -0.39 is 0 Å². The normalized spacial score (nSPS) is 13.7. The first-order chi connectivity index (χ1) is 14.5. The van der Waals surface area contributed by atoms with Gasteiger partial charge in [0.25, 0.3) is 5.56 Å². The van der Waals surface area contributed by atoms with E-state index >= 15 is 0 Å². The number of thioether (sulfide) groups is 1. The number of carbonyl (C=O) groups is 1. The molecular formula is C22H22N2O4S2. The Morgan fingerprint density at radius 1 is 1.23 bits per heavy atom. The van der Waals surface area contributed by atoms with Gasteiger partial charge < -0.3 is 10.2 Å². The molecule has 0 spiro atoms. The molecule has 1 aliphatic carbocycles. The molecule has 6 nitrogen and oxygen atoms in total. The number of ketones is 1. The Kier molecular flexibility index (Phi) is 5.97. The van der Waals surface area contributed by atoms with Gasteiger partial charge in [0.15, 0.2) is 22.4 Å². The van der Waals surface area contributed by atoms with Gasteiger partial charge >= 0.3 is 0 Å². The quantitative estimate of drug-likeness (QED) is 0.148. The molecule has 0 fully saturated rings. The van der Waals surface area contributed by atoms with Gasteiger partial charge in [0, 0.05) is 17.0 Å². The third-order valence-electron chi connectivity index (χ3n) is 5.23. The summed E-state index contributed by atoms with van der Waals surface area (Å²) in [5.74, 6) is -0.779. The fraction of sp³-hybridized carbons (Fsp3) is 0.318. The lowest BCUT2D eigenvalue weighted by Crippen LogP contribution is -2.23. The molecule has 0 saturated heterocycles. The zero-order valence-electron chi connectivity index (χ0n) is 16.4. The Balaban J connectivity index is 1.68. The van der Waals surface area contributed by atoms with Crippen molar-refractivity contribution in [2.45, 2.75) is 43.8 Å². The van der Waals surface area contributed by atoms with Crippen molar-refractivity contribution in [1.82, 2.24) is 9.55 Å². The standard InChI is InChI=1S/C22H22N2O4S2/c1-2-10-24-21(28)19-14-6-4-3-5-7-18(14)30-20(19)23-22(24)29-12-17(27)13-8-9-15(25)16(26)11-13/h2,8-9,11,25-26H,1,3-7,10,12H2. The molecule has 156 valence electrons. The molecule has 0 saturated carbocycles. The summed E-state index contributed by atoms with van der Waals surface area (Å²) in [5.41, 5.74) is 1.37. The first-order valence-electron chi connectivity index (χ1n) is 9.83. The van der Waals surface area contributed by atoms with Crippen LogP contribution in [0.5, 0.6) is 11.5 Å². The molecule has 8 heteroatoms. The van der Waals surface area contributed by atoms with Crippen LogP contribution < -0.4 is 5.56 Å². The highest BCUT2D eigenvalue weighted by Crippen LogP contribution is 2.34. The molecule has 0 atom stereocenters. The average Bonchev–Trinajstić information content (AvgIpc) is 2.91. The zero-order valence-corrected chi connectivity index (χ0v) is 18.0. The third-order valence-corrected chi connectivity index (χ3v) is 7.39. The summed E-state index contributed by atoms with van der Waals surface area (Å²) in [4.78, 5) is 32.6. The summed E-state index contributed by atoms with van der Waals surface area (Å²) in [7, 11) is 0. The first-order valence-corrected chi connectivity index (χ1v) is 11.6. The van der Waals surface area contributed by atoms with Gasteiger partial charge in [0.05, 0.1) is 11.1 Å². The van der Waals surface area contributed by atoms with Gasteiger partial charge in [0.1, 0.15) is 4.83 Å². The van der Waals surface area contributed by atoms with E-state index in [0.717, 1.165) is 41.5 Å². The fourth-order valence-electron chi connectivity index (χ4n) is 3.71. The second kappa shape index (κ2) is 8.65. The minimum absolute atomic E-state index is 0.0599. The number of phenolic OH excluding ortho intramolecular Hbond substituents is 2. The van der Waals surface area contributed by atoms with Crippen LogP contribution in [0.2, 0.25) is 0 Å². The minimum atomic E-state index is -0.339. The summed E-state index contributed by atoms with van der Waals surface area (Å²) in [6, 6.07) is 3.98. The van der Waals surface area contributed by atoms with Crippen molar-refractivity contribution in [2.24, 2.45) is 0 Å². The summed E-state index contributed by atoms with van der Waals surface area (Å²) in [5, 5.41) is 20.3. The van der Waals surface area contributed by atoms with Crippen molar-refractivity contribution in [3.63, 3.8) is 0 Å². The molecule has 0 bridgehead atoms. The summed E-state index contributed by atoms with van der Waals surface area (Å²) in [6.45, 7) is 4.08. The van der Waals surface area contributed by atoms with Crippen LogP contribution in [0.3, 0.4) is 0 Å². The smallest absolute Gasteiger partial charge is 0.263 e. The van der Waals surface area contributed by atoms with Crippen molar-refractivity contribution in [3.8, 4) is 11.5 Å². The Morgan fingerprint density at radius 2 is 2.03 bits per heavy atom. The number of aromatic hydroxyl groups is 2. The van der Waals surface area contributed by atoms with Crippen molar-refractivity contribution in [3.05, 3.63) is 57.2 Å². The lowest BCUT2D eigenvalue weighted by molar-refractivity contribution is 0.102. The second-order valence-electron chi connectivity index (χ2n) is 7.26. The van der Waals surface area contributed by atoms with Crippen LogP contribution in [0.25, 0.3) is 10.2 Å². The van der Waals surface area contributed by atoms with E-state index in [1.54, 1.807) is 22.0 Å². The highest BCUT2D eigenvalue weighted by molar-refractivity contribution is 7.99. The van der Waals surface area contributed by atoms with E-state index in [9.17, 15) is 19.8 Å². The van der Waals surface area contributed by atoms with Crippen molar-refractivity contribution >= 4 is 39.1 Å². The van der Waals surface area contributed by atoms with Crippen LogP contribution in [0.15, 0.2) is 40.8 Å². The van der Waals surface area contributed by atoms with Crippen LogP contribution in [-0.2, 0) is 19.4 Å². The predicted molar refractivity (Wildman–Crippen MR) is 120 cm³/mol. The van der Waals surface area contributed by atoms with Crippen molar-refractivity contribution in [1.29, 1.82) is 0 Å². The van der Waals surface area contributed by atoms with Gasteiger partial charge in [-0.1, -0.05) is 24.3 Å². The summed E-state index contributed by atoms with van der Waals surface area (Å²) in [6.07, 6.45) is 6.96. The lowest BCUT2D eigenvalue weighted by atomic mass is 10.1. The van der Waals surface area contributed by atoms with E-state index in [-0.39, 0.29) is 28.6 Å². The number of phenols is 2. The highest BCUT2D eigenvalue weighted by atomic mass is 32.2. The number of rotatable bonds is 6. The molecule has 1 aliphatic rings. The molecule has 0 aliphatic heterocycles. The molecule has 30 heavy (non-hydrogen) atoms. The molecule has 1 aromatic carbocycles. The van der Waals surface area contributed by atoms with Crippen LogP contribution in [0.1, 0.15) is 40.1 Å². The molecular weight excluding hydrogens is 420 g/mol. The number of Topliss-reactive ketones (excluding diaryl/α,β-unsaturated/α-hetero) is 1. The maximum absolute atomic E-state index is 13.3. The van der Waals surface area contributed by atoms with E-state index in [4.69, 9.17) is 4.98 Å². The van der Waals surface area contributed by atoms with E-state index in [2.05, 4.69) is 6.58 Å². The molecule has 0 amide bonds. The third kappa shape index (κ3) is 3.89. The predicted octanol–water partition coefficient (Wildman–Crippen LogP) is 4.30. The average molecular weight is 443 g/mol. The maximum Gasteiger partial charge on any atom is 0.263 e. The molecule has 2 heterocycles. The minimum Gasteiger partial charge on any atom is -0.504 e. The Hall–Kier alpha value is -2.58. The fourth-order valence-corrected chi connectivity index (χ4v) is 5.91. The molecule has 0 radical (unpaired) electrons. The number of carbonyl (C=O) groups excluding carboxylic acids is 1. The molecule has 4 rings (SSSR count). The summed E-state index contributed by atoms with van der Waals surface area (Å²) >= 11 is 2.79. The maximum atomic E-state index is 13.3. The molecule has 2 aromatic heterocycles. The topological polar surface area (TPSA) is 92.4 Å². The largest absolute Gasteiger partial charge is 0.504 e. The number of allylic oxidation sites excluding steroid dienone is 1. The molecule has 0 unspecified atom stereocenters. The number of hydrogen-bond acceptors (Lipinski definition) is 7. The Labute approximate surface area is 181 Å². The SMILES string of the molecule is C=CCn1c(SCC(=O)c2ccc(O)c(O)c2)nc2sc3c(c2c1=O)CCCCC3. The van der Waals surface area contributed by atoms with Gasteiger partial charge in [-0.05, 0) is 49.4 Å². The highest BCUT2D eigenvalue weighted by Gasteiger charge is 2.22. The number of aromatic nitrogens is 2. The summed E-state index contributed by atoms with van der Waals surface area (Å²) < 4.78 is 1.58. The van der Waals surface area contributed by atoms with Gasteiger partial charge in [-0.3, -0.25) is 14.2 Å². The number of nitrogens with zero attached hydrogens (tertiary/aromatic N) is 2. The molecule has 3 aromatic rings. The van der Waals surface area contributed by atoms with Gasteiger partial charge in [-0.15, -0.1) is 17.9 Å². The number of benzene rings is 1. The van der Waals surface area contributed by atoms with Gasteiger partial charge in [-0.25, -0.2) is 4.98 Å². The zero-order chi connectivity index (χ0) is 21.3. The number of aryl methyl sites for hydroxylation is 2. The van der Waals surface area contributed by atoms with E-state index in [0.29, 0.717) is 17.3 Å². The van der Waals surface area contributed by atoms with Crippen LogP contribution >= 0.6 is 23.1 Å². The first kappa shape index (κ1) is 20.7. The Bertz CT molecular complexity index is 1200. The number of hydrogen-bond donors (Lipinski definition) is 2. The van der Waals surface area contributed by atoms with Gasteiger partial charge in [-0.2, -0.15) is 0 Å². The van der Waals surface area contributed by atoms with Crippen LogP contribution in [-0.4, -0.2) is 31.3 Å². The number of thiophene rings is 1. The Morgan fingerprint density at radius 3 is 2.80 bits per heavy atom. The van der Waals surface area contributed by atoms with Crippen molar-refractivity contribution < 1.29 is 15.0 Å².